The first-order valence-corrected chi connectivity index (χ1v) is 10.8. The highest BCUT2D eigenvalue weighted by molar-refractivity contribution is 6.29. The Bertz CT molecular complexity index is 320. The van der Waals surface area contributed by atoms with Crippen molar-refractivity contribution >= 4 is 11.9 Å². The summed E-state index contributed by atoms with van der Waals surface area (Å²) >= 11 is 0. The van der Waals surface area contributed by atoms with E-state index < -0.39 is 11.9 Å². The number of carbonyl (C=O) groups is 2. The van der Waals surface area contributed by atoms with Crippen molar-refractivity contribution in [2.24, 2.45) is 11.8 Å². The Morgan fingerprint density at radius 3 is 1.35 bits per heavy atom. The maximum Gasteiger partial charge on any atom is 0.417 e. The number of hydrogen-bond acceptors (Lipinski definition) is 4. The van der Waals surface area contributed by atoms with Crippen LogP contribution in [0, 0.1) is 11.8 Å². The highest BCUT2D eigenvalue weighted by atomic mass is 16.6. The van der Waals surface area contributed by atoms with E-state index in [0.717, 1.165) is 50.4 Å². The summed E-state index contributed by atoms with van der Waals surface area (Å²) in [5, 5.41) is 0. The number of ether oxygens (including phenoxy) is 2. The molecule has 0 N–H and O–H groups in total. The highest BCUT2D eigenvalue weighted by Gasteiger charge is 2.16. The fraction of sp³-hybridized carbons (Fsp3) is 0.909. The van der Waals surface area contributed by atoms with E-state index in [1.54, 1.807) is 0 Å². The van der Waals surface area contributed by atoms with Crippen LogP contribution in [0.1, 0.15) is 105 Å². The van der Waals surface area contributed by atoms with Gasteiger partial charge in [0.15, 0.2) is 0 Å². The van der Waals surface area contributed by atoms with E-state index in [9.17, 15) is 9.59 Å². The molecule has 0 fully saturated rings. The van der Waals surface area contributed by atoms with Crippen LogP contribution in [0.15, 0.2) is 0 Å². The van der Waals surface area contributed by atoms with E-state index in [-0.39, 0.29) is 0 Å². The van der Waals surface area contributed by atoms with Crippen LogP contribution in [0.3, 0.4) is 0 Å². The summed E-state index contributed by atoms with van der Waals surface area (Å²) in [5.41, 5.74) is 0. The zero-order valence-corrected chi connectivity index (χ0v) is 17.7. The van der Waals surface area contributed by atoms with Gasteiger partial charge < -0.3 is 9.47 Å². The normalized spacial score (nSPS) is 13.2. The lowest BCUT2D eigenvalue weighted by Gasteiger charge is -2.10. The van der Waals surface area contributed by atoms with Gasteiger partial charge in [-0.3, -0.25) is 0 Å². The molecule has 0 aliphatic rings. The Kier molecular flexibility index (Phi) is 16.7. The Labute approximate surface area is 161 Å². The molecule has 0 aliphatic heterocycles. The van der Waals surface area contributed by atoms with E-state index >= 15 is 0 Å². The number of esters is 2. The van der Waals surface area contributed by atoms with Gasteiger partial charge in [-0.15, -0.1) is 0 Å². The van der Waals surface area contributed by atoms with Crippen LogP contribution in [0.2, 0.25) is 0 Å². The monoisotopic (exact) mass is 370 g/mol. The smallest absolute Gasteiger partial charge is 0.417 e. The first-order valence-electron chi connectivity index (χ1n) is 10.8. The Hall–Kier alpha value is -1.06. The van der Waals surface area contributed by atoms with Gasteiger partial charge in [-0.1, -0.05) is 91.9 Å². The van der Waals surface area contributed by atoms with Crippen LogP contribution >= 0.6 is 0 Å². The molecule has 0 radical (unpaired) electrons. The molecule has 4 heteroatoms. The highest BCUT2D eigenvalue weighted by Crippen LogP contribution is 2.15. The van der Waals surface area contributed by atoms with Crippen LogP contribution in [0.25, 0.3) is 0 Å². The van der Waals surface area contributed by atoms with Crippen LogP contribution in [-0.2, 0) is 19.1 Å². The molecule has 2 atom stereocenters. The van der Waals surface area contributed by atoms with E-state index in [0.29, 0.717) is 13.2 Å². The van der Waals surface area contributed by atoms with Gasteiger partial charge in [-0.25, -0.2) is 9.59 Å². The largest absolute Gasteiger partial charge is 0.457 e. The van der Waals surface area contributed by atoms with Crippen molar-refractivity contribution in [1.82, 2.24) is 0 Å². The van der Waals surface area contributed by atoms with Gasteiger partial charge in [0.25, 0.3) is 0 Å². The summed E-state index contributed by atoms with van der Waals surface area (Å²) < 4.78 is 9.96. The van der Waals surface area contributed by atoms with Crippen LogP contribution in [-0.4, -0.2) is 25.2 Å². The van der Waals surface area contributed by atoms with Gasteiger partial charge in [0.2, 0.25) is 0 Å². The van der Waals surface area contributed by atoms with Gasteiger partial charge in [0.05, 0.1) is 13.2 Å². The van der Waals surface area contributed by atoms with Gasteiger partial charge >= 0.3 is 11.9 Å². The minimum Gasteiger partial charge on any atom is -0.457 e. The van der Waals surface area contributed by atoms with E-state index in [1.807, 2.05) is 0 Å². The first kappa shape index (κ1) is 24.9. The Balaban J connectivity index is 3.50. The molecule has 0 aromatic rings. The molecule has 4 nitrogen and oxygen atoms in total. The Morgan fingerprint density at radius 1 is 0.615 bits per heavy atom. The molecule has 0 saturated carbocycles. The summed E-state index contributed by atoms with van der Waals surface area (Å²) in [4.78, 5) is 23.1. The lowest BCUT2D eigenvalue weighted by atomic mass is 9.99. The van der Waals surface area contributed by atoms with Crippen LogP contribution in [0.5, 0.6) is 0 Å². The maximum atomic E-state index is 11.6. The molecule has 0 aliphatic carbocycles. The zero-order chi connectivity index (χ0) is 19.6. The van der Waals surface area contributed by atoms with Crippen molar-refractivity contribution in [1.29, 1.82) is 0 Å². The predicted octanol–water partition coefficient (Wildman–Crippen LogP) is 6.07. The second-order valence-electron chi connectivity index (χ2n) is 7.76. The number of hydrogen-bond donors (Lipinski definition) is 0. The van der Waals surface area contributed by atoms with Crippen LogP contribution < -0.4 is 0 Å². The molecule has 0 saturated heterocycles. The molecule has 2 unspecified atom stereocenters. The second-order valence-corrected chi connectivity index (χ2v) is 7.76. The number of carbonyl (C=O) groups excluding carboxylic acids is 2. The second kappa shape index (κ2) is 17.4. The summed E-state index contributed by atoms with van der Waals surface area (Å²) in [7, 11) is 0. The number of rotatable bonds is 16. The fourth-order valence-electron chi connectivity index (χ4n) is 3.27. The lowest BCUT2D eigenvalue weighted by Crippen LogP contribution is -2.21. The van der Waals surface area contributed by atoms with Gasteiger partial charge in [-0.05, 0) is 24.7 Å². The maximum absolute atomic E-state index is 11.6. The summed E-state index contributed by atoms with van der Waals surface area (Å²) in [6.07, 6.45) is 13.5. The van der Waals surface area contributed by atoms with Crippen molar-refractivity contribution in [2.75, 3.05) is 13.2 Å². The molecule has 0 aromatic carbocycles. The van der Waals surface area contributed by atoms with E-state index in [2.05, 4.69) is 27.7 Å². The third kappa shape index (κ3) is 15.2. The van der Waals surface area contributed by atoms with Crippen LogP contribution in [0.4, 0.5) is 0 Å². The molecule has 0 aromatic heterocycles. The van der Waals surface area contributed by atoms with Crippen molar-refractivity contribution in [3.05, 3.63) is 0 Å². The first-order chi connectivity index (χ1) is 12.5. The SMILES string of the molecule is CCCC(C)CCCCCOC(=O)C(=O)OCCCCCC(C)CCC. The van der Waals surface area contributed by atoms with Crippen molar-refractivity contribution in [3.63, 3.8) is 0 Å². The zero-order valence-electron chi connectivity index (χ0n) is 17.7. The average Bonchev–Trinajstić information content (AvgIpc) is 2.60. The van der Waals surface area contributed by atoms with Gasteiger partial charge in [0.1, 0.15) is 0 Å². The fourth-order valence-corrected chi connectivity index (χ4v) is 3.27. The topological polar surface area (TPSA) is 52.6 Å². The number of unbranched alkanes of at least 4 members (excludes halogenated alkanes) is 4. The average molecular weight is 371 g/mol. The van der Waals surface area contributed by atoms with Gasteiger partial charge in [-0.2, -0.15) is 0 Å². The third-order valence-corrected chi connectivity index (χ3v) is 4.88. The lowest BCUT2D eigenvalue weighted by molar-refractivity contribution is -0.167. The molecule has 0 bridgehead atoms. The molecule has 0 heterocycles. The summed E-state index contributed by atoms with van der Waals surface area (Å²) in [6, 6.07) is 0. The van der Waals surface area contributed by atoms with Crippen molar-refractivity contribution in [2.45, 2.75) is 105 Å². The molecular weight excluding hydrogens is 328 g/mol. The third-order valence-electron chi connectivity index (χ3n) is 4.88. The quantitative estimate of drug-likeness (QED) is 0.188. The molecule has 0 rings (SSSR count). The van der Waals surface area contributed by atoms with E-state index in [4.69, 9.17) is 9.47 Å². The molecule has 0 amide bonds. The van der Waals surface area contributed by atoms with Crippen molar-refractivity contribution in [3.8, 4) is 0 Å². The minimum atomic E-state index is -0.846. The predicted molar refractivity (Wildman–Crippen MR) is 107 cm³/mol. The molecule has 26 heavy (non-hydrogen) atoms. The van der Waals surface area contributed by atoms with Gasteiger partial charge in [0, 0.05) is 0 Å². The molecule has 154 valence electrons. The standard InChI is InChI=1S/C22H42O4/c1-5-13-19(3)15-9-7-11-17-25-21(23)22(24)26-18-12-8-10-16-20(4)14-6-2/h19-20H,5-18H2,1-4H3. The summed E-state index contributed by atoms with van der Waals surface area (Å²) in [6.45, 7) is 9.61. The van der Waals surface area contributed by atoms with Crippen molar-refractivity contribution < 1.29 is 19.1 Å². The molecular formula is C22H42O4. The minimum absolute atomic E-state index is 0.311. The van der Waals surface area contributed by atoms with E-state index in [1.165, 1.54) is 38.5 Å². The Morgan fingerprint density at radius 2 is 1.00 bits per heavy atom. The molecule has 0 spiro atoms. The summed E-state index contributed by atoms with van der Waals surface area (Å²) in [5.74, 6) is -0.151.